The number of rotatable bonds is 2. The summed E-state index contributed by atoms with van der Waals surface area (Å²) in [5.74, 6) is 1.30. The Morgan fingerprint density at radius 2 is 1.86 bits per heavy atom. The minimum absolute atomic E-state index is 0.482. The highest BCUT2D eigenvalue weighted by molar-refractivity contribution is 5.63. The first-order valence-corrected chi connectivity index (χ1v) is 6.71. The second-order valence-corrected chi connectivity index (χ2v) is 5.56. The SMILES string of the molecule is Cc1nc2ncc(-c3ccc(C(C)(C)C#N)cc3)cn2n1. The van der Waals surface area contributed by atoms with Gasteiger partial charge in [-0.2, -0.15) is 15.3 Å². The minimum Gasteiger partial charge on any atom is -0.219 e. The molecule has 2 heterocycles. The lowest BCUT2D eigenvalue weighted by molar-refractivity contribution is 0.687. The second kappa shape index (κ2) is 4.67. The van der Waals surface area contributed by atoms with Gasteiger partial charge < -0.3 is 0 Å². The second-order valence-electron chi connectivity index (χ2n) is 5.56. The summed E-state index contributed by atoms with van der Waals surface area (Å²) >= 11 is 0. The van der Waals surface area contributed by atoms with Gasteiger partial charge in [0.2, 0.25) is 0 Å². The fourth-order valence-corrected chi connectivity index (χ4v) is 2.18. The van der Waals surface area contributed by atoms with Crippen LogP contribution in [0.5, 0.6) is 0 Å². The molecule has 0 aliphatic heterocycles. The molecule has 3 aromatic rings. The molecule has 0 unspecified atom stereocenters. The molecule has 0 fully saturated rings. The van der Waals surface area contributed by atoms with Gasteiger partial charge in [0.1, 0.15) is 5.82 Å². The molecule has 0 saturated carbocycles. The molecule has 0 N–H and O–H groups in total. The van der Waals surface area contributed by atoms with Crippen LogP contribution in [0.2, 0.25) is 0 Å². The quantitative estimate of drug-likeness (QED) is 0.722. The van der Waals surface area contributed by atoms with Crippen molar-refractivity contribution in [3.8, 4) is 17.2 Å². The topological polar surface area (TPSA) is 66.9 Å². The van der Waals surface area contributed by atoms with E-state index in [0.717, 1.165) is 16.7 Å². The van der Waals surface area contributed by atoms with E-state index in [0.29, 0.717) is 11.6 Å². The van der Waals surface area contributed by atoms with Crippen LogP contribution in [-0.2, 0) is 5.41 Å². The number of nitrogens with zero attached hydrogens (tertiary/aromatic N) is 5. The van der Waals surface area contributed by atoms with Crippen molar-refractivity contribution >= 4 is 5.78 Å². The predicted molar refractivity (Wildman–Crippen MR) is 79.6 cm³/mol. The highest BCUT2D eigenvalue weighted by atomic mass is 15.3. The molecule has 1 aromatic carbocycles. The van der Waals surface area contributed by atoms with Crippen molar-refractivity contribution in [2.75, 3.05) is 0 Å². The third-order valence-corrected chi connectivity index (χ3v) is 3.52. The van der Waals surface area contributed by atoms with E-state index in [1.807, 2.05) is 51.2 Å². The van der Waals surface area contributed by atoms with Crippen LogP contribution in [-0.4, -0.2) is 19.6 Å². The first-order chi connectivity index (χ1) is 9.99. The highest BCUT2D eigenvalue weighted by Crippen LogP contribution is 2.25. The maximum absolute atomic E-state index is 9.18. The van der Waals surface area contributed by atoms with Crippen LogP contribution in [0.3, 0.4) is 0 Å². The fraction of sp³-hybridized carbons (Fsp3) is 0.250. The molecule has 3 rings (SSSR count). The van der Waals surface area contributed by atoms with E-state index < -0.39 is 5.41 Å². The van der Waals surface area contributed by atoms with Crippen LogP contribution in [0.15, 0.2) is 36.7 Å². The standard InChI is InChI=1S/C16H15N5/c1-11-19-15-18-8-13(9-21(15)20-11)12-4-6-14(7-5-12)16(2,3)10-17/h4-9H,1-3H3. The number of hydrogen-bond acceptors (Lipinski definition) is 4. The summed E-state index contributed by atoms with van der Waals surface area (Å²) in [5.41, 5.74) is 2.52. The molecule has 0 radical (unpaired) electrons. The summed E-state index contributed by atoms with van der Waals surface area (Å²) < 4.78 is 1.68. The van der Waals surface area contributed by atoms with E-state index in [9.17, 15) is 5.26 Å². The average molecular weight is 277 g/mol. The van der Waals surface area contributed by atoms with Gasteiger partial charge in [-0.1, -0.05) is 24.3 Å². The molecule has 21 heavy (non-hydrogen) atoms. The van der Waals surface area contributed by atoms with Crippen molar-refractivity contribution in [3.63, 3.8) is 0 Å². The van der Waals surface area contributed by atoms with E-state index in [-0.39, 0.29) is 0 Å². The van der Waals surface area contributed by atoms with Gasteiger partial charge in [0.05, 0.1) is 11.5 Å². The minimum atomic E-state index is -0.482. The summed E-state index contributed by atoms with van der Waals surface area (Å²) in [6, 6.07) is 10.3. The molecular weight excluding hydrogens is 262 g/mol. The van der Waals surface area contributed by atoms with Gasteiger partial charge in [0.25, 0.3) is 5.78 Å². The first-order valence-electron chi connectivity index (χ1n) is 6.71. The molecule has 0 aliphatic rings. The molecular formula is C16H15N5. The van der Waals surface area contributed by atoms with E-state index in [1.165, 1.54) is 0 Å². The number of fused-ring (bicyclic) bond motifs is 1. The van der Waals surface area contributed by atoms with Crippen molar-refractivity contribution in [2.24, 2.45) is 0 Å². The van der Waals surface area contributed by atoms with Crippen molar-refractivity contribution in [1.29, 1.82) is 5.26 Å². The van der Waals surface area contributed by atoms with Crippen molar-refractivity contribution in [2.45, 2.75) is 26.2 Å². The Morgan fingerprint density at radius 1 is 1.14 bits per heavy atom. The van der Waals surface area contributed by atoms with Gasteiger partial charge in [-0.05, 0) is 31.9 Å². The third kappa shape index (κ3) is 2.36. The van der Waals surface area contributed by atoms with Crippen LogP contribution < -0.4 is 0 Å². The summed E-state index contributed by atoms with van der Waals surface area (Å²) in [6.07, 6.45) is 3.70. The molecule has 0 aliphatic carbocycles. The first kappa shape index (κ1) is 13.3. The lowest BCUT2D eigenvalue weighted by atomic mass is 9.86. The molecule has 0 amide bonds. The molecule has 2 aromatic heterocycles. The Morgan fingerprint density at radius 3 is 2.52 bits per heavy atom. The Balaban J connectivity index is 2.01. The van der Waals surface area contributed by atoms with E-state index in [1.54, 1.807) is 10.7 Å². The monoisotopic (exact) mass is 277 g/mol. The van der Waals surface area contributed by atoms with E-state index in [2.05, 4.69) is 21.1 Å². The van der Waals surface area contributed by atoms with Gasteiger partial charge in [-0.25, -0.2) is 9.50 Å². The zero-order chi connectivity index (χ0) is 15.0. The summed E-state index contributed by atoms with van der Waals surface area (Å²) in [7, 11) is 0. The van der Waals surface area contributed by atoms with Gasteiger partial charge in [0, 0.05) is 18.0 Å². The van der Waals surface area contributed by atoms with Crippen LogP contribution in [0.25, 0.3) is 16.9 Å². The van der Waals surface area contributed by atoms with Gasteiger partial charge in [-0.15, -0.1) is 0 Å². The number of aromatic nitrogens is 4. The van der Waals surface area contributed by atoms with Gasteiger partial charge in [-0.3, -0.25) is 0 Å². The fourth-order valence-electron chi connectivity index (χ4n) is 2.18. The number of nitriles is 1. The third-order valence-electron chi connectivity index (χ3n) is 3.52. The Hall–Kier alpha value is -2.74. The molecule has 104 valence electrons. The highest BCUT2D eigenvalue weighted by Gasteiger charge is 2.19. The van der Waals surface area contributed by atoms with E-state index >= 15 is 0 Å². The lowest BCUT2D eigenvalue weighted by Crippen LogP contribution is -2.13. The Kier molecular flexibility index (Phi) is 2.95. The van der Waals surface area contributed by atoms with Gasteiger partial charge in [0.15, 0.2) is 0 Å². The zero-order valence-electron chi connectivity index (χ0n) is 12.2. The maximum Gasteiger partial charge on any atom is 0.252 e. The van der Waals surface area contributed by atoms with Crippen molar-refractivity contribution in [3.05, 3.63) is 48.0 Å². The number of aryl methyl sites for hydroxylation is 1. The van der Waals surface area contributed by atoms with Crippen LogP contribution >= 0.6 is 0 Å². The van der Waals surface area contributed by atoms with Gasteiger partial charge >= 0.3 is 0 Å². The van der Waals surface area contributed by atoms with Crippen LogP contribution in [0, 0.1) is 18.3 Å². The molecule has 5 heteroatoms. The normalized spacial score (nSPS) is 11.5. The molecule has 0 bridgehead atoms. The number of benzene rings is 1. The Labute approximate surface area is 122 Å². The average Bonchev–Trinajstić information content (AvgIpc) is 2.86. The summed E-state index contributed by atoms with van der Waals surface area (Å²) in [5, 5.41) is 13.4. The van der Waals surface area contributed by atoms with Crippen molar-refractivity contribution in [1.82, 2.24) is 19.6 Å². The number of hydrogen-bond donors (Lipinski definition) is 0. The largest absolute Gasteiger partial charge is 0.252 e. The van der Waals surface area contributed by atoms with Crippen LogP contribution in [0.4, 0.5) is 0 Å². The molecule has 0 spiro atoms. The predicted octanol–water partition coefficient (Wildman–Crippen LogP) is 2.90. The molecule has 5 nitrogen and oxygen atoms in total. The smallest absolute Gasteiger partial charge is 0.219 e. The maximum atomic E-state index is 9.18. The Bertz CT molecular complexity index is 837. The van der Waals surface area contributed by atoms with E-state index in [4.69, 9.17) is 0 Å². The van der Waals surface area contributed by atoms with Crippen molar-refractivity contribution < 1.29 is 0 Å². The lowest BCUT2D eigenvalue weighted by Gasteiger charge is -2.15. The molecule has 0 saturated heterocycles. The molecule has 0 atom stereocenters. The summed E-state index contributed by atoms with van der Waals surface area (Å²) in [4.78, 5) is 8.51. The zero-order valence-corrected chi connectivity index (χ0v) is 12.2. The van der Waals surface area contributed by atoms with Crippen LogP contribution in [0.1, 0.15) is 25.2 Å². The summed E-state index contributed by atoms with van der Waals surface area (Å²) in [6.45, 7) is 5.66.